The second kappa shape index (κ2) is 6.23. The van der Waals surface area contributed by atoms with Gasteiger partial charge in [-0.3, -0.25) is 0 Å². The Hall–Kier alpha value is -2.60. The molecular weight excluding hydrogens is 284 g/mol. The first-order valence-corrected chi connectivity index (χ1v) is 6.78. The van der Waals surface area contributed by atoms with E-state index in [9.17, 15) is 0 Å². The van der Waals surface area contributed by atoms with E-state index in [1.807, 2.05) is 48.5 Å². The van der Waals surface area contributed by atoms with Gasteiger partial charge < -0.3 is 4.42 Å². The highest BCUT2D eigenvalue weighted by Gasteiger charge is 2.27. The van der Waals surface area contributed by atoms with Crippen molar-refractivity contribution in [2.45, 2.75) is 6.17 Å². The number of rotatable bonds is 4. The molecule has 3 rings (SSSR count). The van der Waals surface area contributed by atoms with Crippen LogP contribution in [0.15, 0.2) is 74.6 Å². The molecule has 0 fully saturated rings. The average molecular weight is 296 g/mol. The highest BCUT2D eigenvalue weighted by atomic mass is 32.1. The SMILES string of the molecule is S=C1N=NC(c2ccccc2)N1N=C/C=C/c1ccco1. The Bertz CT molecular complexity index is 692. The largest absolute Gasteiger partial charge is 0.465 e. The maximum Gasteiger partial charge on any atom is 0.238 e. The standard InChI is InChI=1S/C15H12N4OS/c21-15-18-17-14(12-6-2-1-3-7-12)19(15)16-10-4-8-13-9-5-11-20-13/h1-11,14H/b8-4+,16-10?. The van der Waals surface area contributed by atoms with E-state index in [0.717, 1.165) is 11.3 Å². The molecule has 1 unspecified atom stereocenters. The van der Waals surface area contributed by atoms with Crippen molar-refractivity contribution in [3.05, 3.63) is 66.1 Å². The summed E-state index contributed by atoms with van der Waals surface area (Å²) in [6, 6.07) is 13.5. The zero-order chi connectivity index (χ0) is 14.5. The third kappa shape index (κ3) is 3.11. The number of azo groups is 1. The summed E-state index contributed by atoms with van der Waals surface area (Å²) in [5, 5.41) is 14.4. The fourth-order valence-electron chi connectivity index (χ4n) is 1.88. The highest BCUT2D eigenvalue weighted by Crippen LogP contribution is 2.28. The van der Waals surface area contributed by atoms with Gasteiger partial charge in [-0.15, -0.1) is 5.11 Å². The lowest BCUT2D eigenvalue weighted by molar-refractivity contribution is 0.367. The van der Waals surface area contributed by atoms with Crippen molar-refractivity contribution in [2.75, 3.05) is 0 Å². The Morgan fingerprint density at radius 1 is 1.19 bits per heavy atom. The summed E-state index contributed by atoms with van der Waals surface area (Å²) in [6.45, 7) is 0. The van der Waals surface area contributed by atoms with Crippen molar-refractivity contribution in [1.82, 2.24) is 5.01 Å². The predicted octanol–water partition coefficient (Wildman–Crippen LogP) is 4.03. The summed E-state index contributed by atoms with van der Waals surface area (Å²) in [5.41, 5.74) is 0.994. The van der Waals surface area contributed by atoms with Crippen LogP contribution in [0.5, 0.6) is 0 Å². The van der Waals surface area contributed by atoms with Gasteiger partial charge in [-0.1, -0.05) is 30.3 Å². The molecule has 0 saturated heterocycles. The van der Waals surface area contributed by atoms with Gasteiger partial charge in [0.25, 0.3) is 0 Å². The number of allylic oxidation sites excluding steroid dienone is 1. The Balaban J connectivity index is 1.72. The van der Waals surface area contributed by atoms with Crippen LogP contribution < -0.4 is 0 Å². The van der Waals surface area contributed by atoms with Gasteiger partial charge >= 0.3 is 0 Å². The van der Waals surface area contributed by atoms with Gasteiger partial charge in [0.2, 0.25) is 5.11 Å². The van der Waals surface area contributed by atoms with E-state index in [1.54, 1.807) is 23.6 Å². The fraction of sp³-hybridized carbons (Fsp3) is 0.0667. The van der Waals surface area contributed by atoms with E-state index in [4.69, 9.17) is 16.6 Å². The number of hydrazone groups is 1. The third-order valence-corrected chi connectivity index (χ3v) is 3.13. The molecule has 0 radical (unpaired) electrons. The smallest absolute Gasteiger partial charge is 0.238 e. The minimum absolute atomic E-state index is 0.299. The molecule has 104 valence electrons. The number of furan rings is 1. The summed E-state index contributed by atoms with van der Waals surface area (Å²) < 4.78 is 5.19. The van der Waals surface area contributed by atoms with Crippen molar-refractivity contribution in [3.8, 4) is 0 Å². The van der Waals surface area contributed by atoms with Crippen molar-refractivity contribution in [1.29, 1.82) is 0 Å². The van der Waals surface area contributed by atoms with Gasteiger partial charge in [-0.2, -0.15) is 10.2 Å². The quantitative estimate of drug-likeness (QED) is 0.632. The first-order chi connectivity index (χ1) is 10.3. The molecule has 1 atom stereocenters. The molecule has 1 aromatic heterocycles. The van der Waals surface area contributed by atoms with E-state index >= 15 is 0 Å². The maximum absolute atomic E-state index is 5.19. The number of benzene rings is 1. The van der Waals surface area contributed by atoms with Gasteiger partial charge in [0.05, 0.1) is 6.26 Å². The molecule has 0 amide bonds. The maximum atomic E-state index is 5.19. The van der Waals surface area contributed by atoms with Crippen molar-refractivity contribution >= 4 is 29.6 Å². The molecule has 0 aliphatic carbocycles. The van der Waals surface area contributed by atoms with E-state index in [0.29, 0.717) is 5.11 Å². The van der Waals surface area contributed by atoms with Crippen LogP contribution in [0, 0.1) is 0 Å². The first-order valence-electron chi connectivity index (χ1n) is 6.38. The second-order valence-electron chi connectivity index (χ2n) is 4.27. The molecule has 1 aliphatic heterocycles. The molecule has 0 spiro atoms. The summed E-state index contributed by atoms with van der Waals surface area (Å²) in [7, 11) is 0. The van der Waals surface area contributed by atoms with Gasteiger partial charge in [0.15, 0.2) is 6.17 Å². The second-order valence-corrected chi connectivity index (χ2v) is 4.63. The lowest BCUT2D eigenvalue weighted by Crippen LogP contribution is -2.21. The monoisotopic (exact) mass is 296 g/mol. The van der Waals surface area contributed by atoms with Gasteiger partial charge in [0, 0.05) is 11.8 Å². The Morgan fingerprint density at radius 3 is 2.81 bits per heavy atom. The van der Waals surface area contributed by atoms with Crippen molar-refractivity contribution < 1.29 is 4.42 Å². The summed E-state index contributed by atoms with van der Waals surface area (Å²) in [6.07, 6.45) is 6.56. The van der Waals surface area contributed by atoms with Crippen LogP contribution in [0.2, 0.25) is 0 Å². The molecule has 2 aromatic rings. The van der Waals surface area contributed by atoms with E-state index in [2.05, 4.69) is 15.3 Å². The number of hydrogen-bond donors (Lipinski definition) is 0. The molecule has 6 heteroatoms. The molecule has 2 heterocycles. The fourth-order valence-corrected chi connectivity index (χ4v) is 2.08. The molecule has 1 aromatic carbocycles. The van der Waals surface area contributed by atoms with Crippen LogP contribution in [0.25, 0.3) is 6.08 Å². The zero-order valence-corrected chi connectivity index (χ0v) is 11.9. The van der Waals surface area contributed by atoms with Gasteiger partial charge in [-0.05, 0) is 36.5 Å². The molecule has 21 heavy (non-hydrogen) atoms. The van der Waals surface area contributed by atoms with Crippen molar-refractivity contribution in [2.24, 2.45) is 15.3 Å². The van der Waals surface area contributed by atoms with E-state index in [-0.39, 0.29) is 6.17 Å². The number of nitrogens with zero attached hydrogens (tertiary/aromatic N) is 4. The normalized spacial score (nSPS) is 18.4. The molecule has 0 N–H and O–H groups in total. The lowest BCUT2D eigenvalue weighted by atomic mass is 10.2. The Kier molecular flexibility index (Phi) is 3.97. The average Bonchev–Trinajstić information content (AvgIpc) is 3.15. The summed E-state index contributed by atoms with van der Waals surface area (Å²) >= 11 is 5.16. The highest BCUT2D eigenvalue weighted by molar-refractivity contribution is 7.80. The summed E-state index contributed by atoms with van der Waals surface area (Å²) in [4.78, 5) is 0. The molecule has 0 saturated carbocycles. The van der Waals surface area contributed by atoms with Crippen LogP contribution in [0.3, 0.4) is 0 Å². The molecular formula is C15H12N4OS. The van der Waals surface area contributed by atoms with Gasteiger partial charge in [0.1, 0.15) is 5.76 Å². The van der Waals surface area contributed by atoms with Crippen LogP contribution in [-0.4, -0.2) is 16.3 Å². The van der Waals surface area contributed by atoms with Crippen LogP contribution in [0.1, 0.15) is 17.5 Å². The molecule has 5 nitrogen and oxygen atoms in total. The minimum atomic E-state index is -0.299. The van der Waals surface area contributed by atoms with Crippen molar-refractivity contribution in [3.63, 3.8) is 0 Å². The zero-order valence-electron chi connectivity index (χ0n) is 11.0. The molecule has 0 bridgehead atoms. The number of hydrogen-bond acceptors (Lipinski definition) is 4. The lowest BCUT2D eigenvalue weighted by Gasteiger charge is -2.16. The van der Waals surface area contributed by atoms with E-state index in [1.165, 1.54) is 0 Å². The van der Waals surface area contributed by atoms with Crippen LogP contribution in [-0.2, 0) is 0 Å². The van der Waals surface area contributed by atoms with Crippen LogP contribution >= 0.6 is 12.2 Å². The van der Waals surface area contributed by atoms with Gasteiger partial charge in [-0.25, -0.2) is 5.01 Å². The minimum Gasteiger partial charge on any atom is -0.465 e. The number of thiocarbonyl (C=S) groups is 1. The Labute approximate surface area is 127 Å². The molecule has 1 aliphatic rings. The summed E-state index contributed by atoms with van der Waals surface area (Å²) in [5.74, 6) is 0.763. The topological polar surface area (TPSA) is 53.5 Å². The predicted molar refractivity (Wildman–Crippen MR) is 84.7 cm³/mol. The third-order valence-electron chi connectivity index (χ3n) is 2.86. The first kappa shape index (κ1) is 13.4. The van der Waals surface area contributed by atoms with Crippen LogP contribution in [0.4, 0.5) is 0 Å². The Morgan fingerprint density at radius 2 is 2.05 bits per heavy atom. The van der Waals surface area contributed by atoms with E-state index < -0.39 is 0 Å².